The maximum absolute atomic E-state index is 6.29. The molecule has 1 atom stereocenters. The normalized spacial score (nSPS) is 16.2. The Balaban J connectivity index is 1.12. The molecule has 0 bridgehead atoms. The lowest BCUT2D eigenvalue weighted by Crippen LogP contribution is -2.15. The second-order valence-corrected chi connectivity index (χ2v) is 15.1. The van der Waals surface area contributed by atoms with Crippen molar-refractivity contribution in [2.75, 3.05) is 0 Å². The monoisotopic (exact) mass is 664 g/mol. The highest BCUT2D eigenvalue weighted by molar-refractivity contribution is 6.21. The van der Waals surface area contributed by atoms with Gasteiger partial charge in [0.15, 0.2) is 0 Å². The summed E-state index contributed by atoms with van der Waals surface area (Å²) in [6.07, 6.45) is 7.93. The third-order valence-electron chi connectivity index (χ3n) is 12.0. The third-order valence-corrected chi connectivity index (χ3v) is 12.0. The number of benzene rings is 8. The van der Waals surface area contributed by atoms with Gasteiger partial charge in [-0.1, -0.05) is 159 Å². The molecule has 1 heteroatoms. The number of hydrogen-bond donors (Lipinski definition) is 0. The molecule has 1 nitrogen and oxygen atoms in total. The standard InChI is InChI=1S/C51H36O/c1-51(2)44-27-23-34(30-43(44)41-25-24-39-40(50(41)51)26-28-46-49(39)42-21-10-11-22-45(42)52-46)48-37-19-8-6-17-35(37)47(36-18-7-9-20-38(36)48)33-16-12-15-32(29-33)31-13-4-3-5-14-31/h3-28,30,32H,29H2,1-2H3. The quantitative estimate of drug-likeness (QED) is 0.171. The molecule has 1 aromatic heterocycles. The van der Waals surface area contributed by atoms with E-state index in [4.69, 9.17) is 4.42 Å². The summed E-state index contributed by atoms with van der Waals surface area (Å²) in [5, 5.41) is 10.2. The van der Waals surface area contributed by atoms with Gasteiger partial charge in [-0.25, -0.2) is 0 Å². The molecule has 2 aliphatic rings. The molecule has 0 radical (unpaired) electrons. The highest BCUT2D eigenvalue weighted by Gasteiger charge is 2.37. The summed E-state index contributed by atoms with van der Waals surface area (Å²) in [7, 11) is 0. The average molecular weight is 665 g/mol. The van der Waals surface area contributed by atoms with E-state index in [1.165, 1.54) is 93.2 Å². The highest BCUT2D eigenvalue weighted by atomic mass is 16.3. The van der Waals surface area contributed by atoms with Crippen LogP contribution in [0.1, 0.15) is 48.4 Å². The van der Waals surface area contributed by atoms with E-state index < -0.39 is 0 Å². The minimum Gasteiger partial charge on any atom is -0.456 e. The van der Waals surface area contributed by atoms with Gasteiger partial charge in [0.05, 0.1) is 0 Å². The van der Waals surface area contributed by atoms with Gasteiger partial charge in [0.1, 0.15) is 11.2 Å². The van der Waals surface area contributed by atoms with Gasteiger partial charge < -0.3 is 4.42 Å². The van der Waals surface area contributed by atoms with Gasteiger partial charge in [-0.15, -0.1) is 0 Å². The summed E-state index contributed by atoms with van der Waals surface area (Å²) in [5.74, 6) is 0.359. The molecule has 0 saturated carbocycles. The van der Waals surface area contributed by atoms with Crippen LogP contribution >= 0.6 is 0 Å². The van der Waals surface area contributed by atoms with E-state index in [-0.39, 0.29) is 5.41 Å². The summed E-state index contributed by atoms with van der Waals surface area (Å²) in [5.41, 5.74) is 13.9. The topological polar surface area (TPSA) is 13.1 Å². The third kappa shape index (κ3) is 4.11. The summed E-state index contributed by atoms with van der Waals surface area (Å²) in [6, 6.07) is 53.8. The van der Waals surface area contributed by atoms with Crippen LogP contribution in [0.2, 0.25) is 0 Å². The van der Waals surface area contributed by atoms with Crippen LogP contribution < -0.4 is 0 Å². The van der Waals surface area contributed by atoms with E-state index in [2.05, 4.69) is 172 Å². The van der Waals surface area contributed by atoms with E-state index >= 15 is 0 Å². The maximum atomic E-state index is 6.29. The zero-order valence-electron chi connectivity index (χ0n) is 29.3. The lowest BCUT2D eigenvalue weighted by molar-refractivity contribution is 0.665. The smallest absolute Gasteiger partial charge is 0.136 e. The van der Waals surface area contributed by atoms with Crippen molar-refractivity contribution in [3.63, 3.8) is 0 Å². The summed E-state index contributed by atoms with van der Waals surface area (Å²) in [4.78, 5) is 0. The largest absolute Gasteiger partial charge is 0.456 e. The molecule has 0 saturated heterocycles. The SMILES string of the molecule is CC1(C)c2ccc(-c3c4ccccc4c(C4=CC=CC(c5ccccc5)C4)c4ccccc34)cc2-c2ccc3c(ccc4oc5ccccc5c43)c21. The zero-order valence-corrected chi connectivity index (χ0v) is 29.3. The lowest BCUT2D eigenvalue weighted by Gasteiger charge is -2.24. The van der Waals surface area contributed by atoms with E-state index in [1.54, 1.807) is 0 Å². The Morgan fingerprint density at radius 3 is 1.94 bits per heavy atom. The fourth-order valence-corrected chi connectivity index (χ4v) is 9.71. The molecule has 1 unspecified atom stereocenters. The Kier molecular flexibility index (Phi) is 6.20. The van der Waals surface area contributed by atoms with Crippen LogP contribution in [0.4, 0.5) is 0 Å². The van der Waals surface area contributed by atoms with Gasteiger partial charge in [0.25, 0.3) is 0 Å². The molecule has 9 aromatic rings. The van der Waals surface area contributed by atoms with Crippen LogP contribution in [0, 0.1) is 0 Å². The Morgan fingerprint density at radius 2 is 1.19 bits per heavy atom. The van der Waals surface area contributed by atoms with Crippen LogP contribution in [-0.2, 0) is 5.41 Å². The molecule has 1 heterocycles. The van der Waals surface area contributed by atoms with E-state index in [0.29, 0.717) is 5.92 Å². The van der Waals surface area contributed by atoms with E-state index in [1.807, 2.05) is 6.07 Å². The summed E-state index contributed by atoms with van der Waals surface area (Å²) in [6.45, 7) is 4.78. The first-order valence-corrected chi connectivity index (χ1v) is 18.4. The van der Waals surface area contributed by atoms with Crippen molar-refractivity contribution in [1.29, 1.82) is 0 Å². The molecule has 246 valence electrons. The molecule has 0 N–H and O–H groups in total. The lowest BCUT2D eigenvalue weighted by atomic mass is 9.79. The van der Waals surface area contributed by atoms with Gasteiger partial charge in [-0.2, -0.15) is 0 Å². The van der Waals surface area contributed by atoms with Crippen LogP contribution in [0.15, 0.2) is 168 Å². The Hall–Kier alpha value is -6.18. The first-order valence-electron chi connectivity index (χ1n) is 18.4. The van der Waals surface area contributed by atoms with Crippen LogP contribution in [0.5, 0.6) is 0 Å². The summed E-state index contributed by atoms with van der Waals surface area (Å²) < 4.78 is 6.29. The second kappa shape index (κ2) is 10.9. The van der Waals surface area contributed by atoms with Crippen LogP contribution in [0.3, 0.4) is 0 Å². The van der Waals surface area contributed by atoms with Gasteiger partial charge in [-0.3, -0.25) is 0 Å². The van der Waals surface area contributed by atoms with Crippen molar-refractivity contribution in [1.82, 2.24) is 0 Å². The number of para-hydroxylation sites is 1. The van der Waals surface area contributed by atoms with Crippen molar-refractivity contribution in [3.05, 3.63) is 186 Å². The van der Waals surface area contributed by atoms with Gasteiger partial charge in [0.2, 0.25) is 0 Å². The Morgan fingerprint density at radius 1 is 0.538 bits per heavy atom. The van der Waals surface area contributed by atoms with Crippen molar-refractivity contribution in [2.45, 2.75) is 31.6 Å². The molecule has 0 amide bonds. The second-order valence-electron chi connectivity index (χ2n) is 15.1. The number of furan rings is 1. The fourth-order valence-electron chi connectivity index (χ4n) is 9.71. The molecule has 0 fully saturated rings. The van der Waals surface area contributed by atoms with Gasteiger partial charge in [-0.05, 0) is 107 Å². The number of hydrogen-bond acceptors (Lipinski definition) is 1. The minimum absolute atomic E-state index is 0.153. The van der Waals surface area contributed by atoms with Crippen molar-refractivity contribution < 1.29 is 4.42 Å². The zero-order chi connectivity index (χ0) is 34.6. The van der Waals surface area contributed by atoms with Gasteiger partial charge >= 0.3 is 0 Å². The molecule has 2 aliphatic carbocycles. The minimum atomic E-state index is -0.153. The number of rotatable bonds is 3. The van der Waals surface area contributed by atoms with Gasteiger partial charge in [0, 0.05) is 22.1 Å². The summed E-state index contributed by atoms with van der Waals surface area (Å²) >= 11 is 0. The first kappa shape index (κ1) is 29.5. The van der Waals surface area contributed by atoms with Crippen molar-refractivity contribution in [3.8, 4) is 22.3 Å². The predicted octanol–water partition coefficient (Wildman–Crippen LogP) is 14.1. The van der Waals surface area contributed by atoms with Crippen molar-refractivity contribution in [2.24, 2.45) is 0 Å². The Labute approximate surface area is 303 Å². The molecular formula is C51H36O. The van der Waals surface area contributed by atoms with Crippen LogP contribution in [0.25, 0.3) is 82.1 Å². The molecule has 0 spiro atoms. The highest BCUT2D eigenvalue weighted by Crippen LogP contribution is 2.54. The molecular weight excluding hydrogens is 629 g/mol. The Bertz CT molecular complexity index is 2950. The molecule has 0 aliphatic heterocycles. The van der Waals surface area contributed by atoms with Crippen LogP contribution in [-0.4, -0.2) is 0 Å². The van der Waals surface area contributed by atoms with E-state index in [0.717, 1.165) is 17.6 Å². The average Bonchev–Trinajstić information content (AvgIpc) is 3.69. The first-order chi connectivity index (χ1) is 25.6. The fraction of sp³-hybridized carbons (Fsp3) is 0.0980. The predicted molar refractivity (Wildman–Crippen MR) is 220 cm³/mol. The number of allylic oxidation sites excluding steroid dienone is 4. The molecule has 52 heavy (non-hydrogen) atoms. The molecule has 11 rings (SSSR count). The maximum Gasteiger partial charge on any atom is 0.136 e. The number of fused-ring (bicyclic) bond motifs is 11. The molecule has 8 aromatic carbocycles. The van der Waals surface area contributed by atoms with Crippen molar-refractivity contribution >= 4 is 59.8 Å². The van der Waals surface area contributed by atoms with E-state index in [9.17, 15) is 0 Å².